The molecule has 170 valence electrons. The van der Waals surface area contributed by atoms with E-state index in [9.17, 15) is 18.0 Å². The van der Waals surface area contributed by atoms with Crippen molar-refractivity contribution in [1.29, 1.82) is 0 Å². The smallest absolute Gasteiger partial charge is 0.381 e. The minimum absolute atomic E-state index is 0.0796. The summed E-state index contributed by atoms with van der Waals surface area (Å²) < 4.78 is 37.9. The van der Waals surface area contributed by atoms with Crippen molar-refractivity contribution in [3.05, 3.63) is 29.7 Å². The Labute approximate surface area is 183 Å². The molecule has 1 fully saturated rings. The molecule has 0 aromatic carbocycles. The van der Waals surface area contributed by atoms with E-state index in [1.807, 2.05) is 23.8 Å². The lowest BCUT2D eigenvalue weighted by atomic mass is 9.86. The summed E-state index contributed by atoms with van der Waals surface area (Å²) in [6.07, 6.45) is 0.0314. The fourth-order valence-corrected chi connectivity index (χ4v) is 4.48. The lowest BCUT2D eigenvalue weighted by Gasteiger charge is -2.42. The monoisotopic (exact) mass is 447 g/mol. The van der Waals surface area contributed by atoms with Gasteiger partial charge in [-0.15, -0.1) is 0 Å². The van der Waals surface area contributed by atoms with Gasteiger partial charge in [-0.3, -0.25) is 4.79 Å². The normalized spacial score (nSPS) is 24.7. The van der Waals surface area contributed by atoms with Gasteiger partial charge in [0.25, 0.3) is 0 Å². The molecule has 2 aromatic rings. The average Bonchev–Trinajstić information content (AvgIpc) is 2.74. The SMILES string of the molecule is CC1C(=O)N2CCCc3nc(NC4CC(Nc5ccc(C(F)(F)F)nc5)C4)nc(c32)N1C. The number of alkyl halides is 3. The van der Waals surface area contributed by atoms with Gasteiger partial charge in [-0.2, -0.15) is 18.2 Å². The Morgan fingerprint density at radius 1 is 1.12 bits per heavy atom. The second kappa shape index (κ2) is 7.49. The molecule has 0 bridgehead atoms. The van der Waals surface area contributed by atoms with Crippen LogP contribution in [0.3, 0.4) is 0 Å². The number of carbonyl (C=O) groups is 1. The summed E-state index contributed by atoms with van der Waals surface area (Å²) in [7, 11) is 1.88. The van der Waals surface area contributed by atoms with Gasteiger partial charge in [-0.1, -0.05) is 0 Å². The quantitative estimate of drug-likeness (QED) is 0.745. The highest BCUT2D eigenvalue weighted by Crippen LogP contribution is 2.40. The number of aromatic nitrogens is 3. The van der Waals surface area contributed by atoms with E-state index in [1.54, 1.807) is 0 Å². The summed E-state index contributed by atoms with van der Waals surface area (Å²) in [6, 6.07) is 2.41. The van der Waals surface area contributed by atoms with E-state index in [2.05, 4.69) is 20.6 Å². The van der Waals surface area contributed by atoms with Gasteiger partial charge >= 0.3 is 6.18 Å². The van der Waals surface area contributed by atoms with Crippen LogP contribution in [0.25, 0.3) is 0 Å². The number of nitrogens with one attached hydrogen (secondary N) is 2. The number of likely N-dealkylation sites (N-methyl/N-ethyl adjacent to an activating group) is 1. The van der Waals surface area contributed by atoms with E-state index in [4.69, 9.17) is 4.98 Å². The van der Waals surface area contributed by atoms with Crippen LogP contribution in [0.15, 0.2) is 18.3 Å². The number of carbonyl (C=O) groups excluding carboxylic acids is 1. The van der Waals surface area contributed by atoms with Crippen molar-refractivity contribution in [2.45, 2.75) is 56.9 Å². The summed E-state index contributed by atoms with van der Waals surface area (Å²) in [5.74, 6) is 1.40. The van der Waals surface area contributed by atoms with E-state index in [-0.39, 0.29) is 24.0 Å². The molecule has 0 radical (unpaired) electrons. The van der Waals surface area contributed by atoms with Gasteiger partial charge in [-0.05, 0) is 44.7 Å². The molecule has 3 aliphatic rings. The van der Waals surface area contributed by atoms with Crippen LogP contribution in [-0.2, 0) is 17.4 Å². The molecule has 1 aliphatic carbocycles. The predicted octanol–water partition coefficient (Wildman–Crippen LogP) is 3.06. The summed E-state index contributed by atoms with van der Waals surface area (Å²) in [5, 5.41) is 6.59. The van der Waals surface area contributed by atoms with Gasteiger partial charge < -0.3 is 20.4 Å². The third-order valence-corrected chi connectivity index (χ3v) is 6.44. The molecule has 11 heteroatoms. The van der Waals surface area contributed by atoms with Crippen molar-refractivity contribution in [2.24, 2.45) is 0 Å². The Hall–Kier alpha value is -3.11. The third kappa shape index (κ3) is 3.59. The average molecular weight is 447 g/mol. The van der Waals surface area contributed by atoms with Crippen LogP contribution in [0.1, 0.15) is 37.6 Å². The zero-order valence-electron chi connectivity index (χ0n) is 17.8. The molecule has 2 aliphatic heterocycles. The van der Waals surface area contributed by atoms with Crippen LogP contribution < -0.4 is 20.4 Å². The van der Waals surface area contributed by atoms with E-state index < -0.39 is 11.9 Å². The highest BCUT2D eigenvalue weighted by atomic mass is 19.4. The second-order valence-corrected chi connectivity index (χ2v) is 8.63. The lowest BCUT2D eigenvalue weighted by molar-refractivity contribution is -0.141. The summed E-state index contributed by atoms with van der Waals surface area (Å²) in [5.41, 5.74) is 1.39. The van der Waals surface area contributed by atoms with Crippen LogP contribution in [-0.4, -0.2) is 52.6 Å². The molecular weight excluding hydrogens is 423 g/mol. The first-order valence-electron chi connectivity index (χ1n) is 10.7. The van der Waals surface area contributed by atoms with E-state index >= 15 is 0 Å². The van der Waals surface area contributed by atoms with Crippen LogP contribution in [0.4, 0.5) is 36.3 Å². The van der Waals surface area contributed by atoms with E-state index in [0.717, 1.165) is 48.9 Å². The maximum absolute atomic E-state index is 12.6. The number of amides is 1. The molecule has 5 rings (SSSR count). The highest BCUT2D eigenvalue weighted by molar-refractivity contribution is 6.05. The zero-order valence-corrected chi connectivity index (χ0v) is 17.8. The number of halogens is 3. The number of pyridine rings is 1. The first-order chi connectivity index (χ1) is 15.2. The number of rotatable bonds is 4. The molecule has 4 heterocycles. The molecule has 1 saturated carbocycles. The minimum Gasteiger partial charge on any atom is -0.381 e. The number of hydrogen-bond acceptors (Lipinski definition) is 7. The summed E-state index contributed by atoms with van der Waals surface area (Å²) in [6.45, 7) is 2.58. The van der Waals surface area contributed by atoms with Crippen LogP contribution in [0.2, 0.25) is 0 Å². The molecule has 1 unspecified atom stereocenters. The van der Waals surface area contributed by atoms with Crippen molar-refractivity contribution < 1.29 is 18.0 Å². The van der Waals surface area contributed by atoms with Gasteiger partial charge in [0.05, 0.1) is 17.6 Å². The molecule has 2 aromatic heterocycles. The number of anilines is 4. The molecule has 2 N–H and O–H groups in total. The van der Waals surface area contributed by atoms with E-state index in [1.165, 1.54) is 12.3 Å². The Kier molecular flexibility index (Phi) is 4.86. The number of nitrogens with zero attached hydrogens (tertiary/aromatic N) is 5. The fourth-order valence-electron chi connectivity index (χ4n) is 4.48. The Morgan fingerprint density at radius 2 is 1.88 bits per heavy atom. The largest absolute Gasteiger partial charge is 0.433 e. The molecule has 0 saturated heterocycles. The fraction of sp³-hybridized carbons (Fsp3) is 0.524. The van der Waals surface area contributed by atoms with Crippen molar-refractivity contribution in [3.63, 3.8) is 0 Å². The van der Waals surface area contributed by atoms with Gasteiger partial charge in [0.15, 0.2) is 5.82 Å². The van der Waals surface area contributed by atoms with Crippen LogP contribution in [0.5, 0.6) is 0 Å². The predicted molar refractivity (Wildman–Crippen MR) is 114 cm³/mol. The molecule has 32 heavy (non-hydrogen) atoms. The Bertz CT molecular complexity index is 1040. The van der Waals surface area contributed by atoms with Gasteiger partial charge in [0, 0.05) is 25.7 Å². The standard InChI is InChI=1S/C21H24F3N7O/c1-11-19(32)31-7-3-4-15-17(31)18(30(11)2)29-20(28-15)27-14-8-13(9-14)26-12-5-6-16(25-10-12)21(22,23)24/h5-6,10-11,13-14,26H,3-4,7-9H2,1-2H3,(H,27,28,29). The zero-order chi connectivity index (χ0) is 22.6. The lowest BCUT2D eigenvalue weighted by Crippen LogP contribution is -2.53. The van der Waals surface area contributed by atoms with Crippen molar-refractivity contribution in [1.82, 2.24) is 15.0 Å². The number of hydrogen-bond donors (Lipinski definition) is 2. The molecule has 1 atom stereocenters. The highest BCUT2D eigenvalue weighted by Gasteiger charge is 2.39. The summed E-state index contributed by atoms with van der Waals surface area (Å²) >= 11 is 0. The Morgan fingerprint density at radius 3 is 2.56 bits per heavy atom. The molecular formula is C21H24F3N7O. The van der Waals surface area contributed by atoms with Gasteiger partial charge in [0.1, 0.15) is 17.4 Å². The van der Waals surface area contributed by atoms with Crippen LogP contribution in [0, 0.1) is 0 Å². The topological polar surface area (TPSA) is 86.3 Å². The molecule has 0 spiro atoms. The second-order valence-electron chi connectivity index (χ2n) is 8.63. The van der Waals surface area contributed by atoms with Crippen molar-refractivity contribution in [2.75, 3.05) is 34.0 Å². The first kappa shape index (κ1) is 20.8. The van der Waals surface area contributed by atoms with E-state index in [0.29, 0.717) is 18.2 Å². The molecule has 8 nitrogen and oxygen atoms in total. The summed E-state index contributed by atoms with van der Waals surface area (Å²) in [4.78, 5) is 29.2. The first-order valence-corrected chi connectivity index (χ1v) is 10.7. The number of aryl methyl sites for hydroxylation is 1. The third-order valence-electron chi connectivity index (χ3n) is 6.44. The maximum Gasteiger partial charge on any atom is 0.433 e. The van der Waals surface area contributed by atoms with Gasteiger partial charge in [-0.25, -0.2) is 9.97 Å². The maximum atomic E-state index is 12.6. The minimum atomic E-state index is -4.44. The van der Waals surface area contributed by atoms with Crippen molar-refractivity contribution in [3.8, 4) is 0 Å². The van der Waals surface area contributed by atoms with Crippen LogP contribution >= 0.6 is 0 Å². The molecule has 1 amide bonds. The van der Waals surface area contributed by atoms with Gasteiger partial charge in [0.2, 0.25) is 11.9 Å². The Balaban J connectivity index is 1.24. The van der Waals surface area contributed by atoms with Crippen molar-refractivity contribution >= 4 is 29.0 Å².